The van der Waals surface area contributed by atoms with Crippen LogP contribution in [0.3, 0.4) is 0 Å². The van der Waals surface area contributed by atoms with Gasteiger partial charge in [-0.15, -0.1) is 0 Å². The van der Waals surface area contributed by atoms with Crippen LogP contribution in [0, 0.1) is 17.7 Å². The molecule has 0 saturated carbocycles. The van der Waals surface area contributed by atoms with Crippen molar-refractivity contribution in [3.05, 3.63) is 29.6 Å². The maximum Gasteiger partial charge on any atom is 0.258 e. The zero-order chi connectivity index (χ0) is 13.0. The number of hydrogen-bond acceptors (Lipinski definition) is 2. The number of carbonyl (C=O) groups is 1. The first-order valence-corrected chi connectivity index (χ1v) is 5.69. The summed E-state index contributed by atoms with van der Waals surface area (Å²) in [5, 5.41) is 12.1. The van der Waals surface area contributed by atoms with Gasteiger partial charge in [-0.3, -0.25) is 4.79 Å². The SMILES string of the molecule is CC(C)C(C)CNC(=O)c1c(O)cccc1F. The number of halogens is 1. The molecule has 0 spiro atoms. The molecule has 1 unspecified atom stereocenters. The molecule has 0 radical (unpaired) electrons. The Kier molecular flexibility index (Phi) is 4.49. The zero-order valence-electron chi connectivity index (χ0n) is 10.3. The van der Waals surface area contributed by atoms with Crippen LogP contribution >= 0.6 is 0 Å². The number of nitrogens with one attached hydrogen (secondary N) is 1. The lowest BCUT2D eigenvalue weighted by Crippen LogP contribution is -2.30. The molecule has 0 saturated heterocycles. The number of rotatable bonds is 4. The number of hydrogen-bond donors (Lipinski definition) is 2. The fourth-order valence-corrected chi connectivity index (χ4v) is 1.32. The molecular weight excluding hydrogens is 221 g/mol. The summed E-state index contributed by atoms with van der Waals surface area (Å²) in [5.74, 6) is -0.884. The molecule has 1 atom stereocenters. The van der Waals surface area contributed by atoms with Gasteiger partial charge in [-0.1, -0.05) is 26.8 Å². The van der Waals surface area contributed by atoms with Gasteiger partial charge in [0.15, 0.2) is 0 Å². The van der Waals surface area contributed by atoms with Crippen molar-refractivity contribution in [3.8, 4) is 5.75 Å². The Balaban J connectivity index is 2.71. The van der Waals surface area contributed by atoms with Crippen LogP contribution in [0.4, 0.5) is 4.39 Å². The van der Waals surface area contributed by atoms with Crippen molar-refractivity contribution < 1.29 is 14.3 Å². The first-order valence-electron chi connectivity index (χ1n) is 5.69. The molecule has 3 nitrogen and oxygen atoms in total. The average Bonchev–Trinajstić information content (AvgIpc) is 2.25. The van der Waals surface area contributed by atoms with Crippen molar-refractivity contribution in [1.29, 1.82) is 0 Å². The first kappa shape index (κ1) is 13.5. The molecule has 0 fully saturated rings. The lowest BCUT2D eigenvalue weighted by Gasteiger charge is -2.16. The summed E-state index contributed by atoms with van der Waals surface area (Å²) in [5.41, 5.74) is -0.288. The van der Waals surface area contributed by atoms with Gasteiger partial charge in [0.05, 0.1) is 0 Å². The molecule has 0 aliphatic rings. The fourth-order valence-electron chi connectivity index (χ4n) is 1.32. The Hall–Kier alpha value is -1.58. The smallest absolute Gasteiger partial charge is 0.258 e. The van der Waals surface area contributed by atoms with E-state index in [0.717, 1.165) is 6.07 Å². The van der Waals surface area contributed by atoms with Gasteiger partial charge in [0.25, 0.3) is 5.91 Å². The van der Waals surface area contributed by atoms with Gasteiger partial charge in [0.2, 0.25) is 0 Å². The van der Waals surface area contributed by atoms with Gasteiger partial charge in [-0.25, -0.2) is 4.39 Å². The van der Waals surface area contributed by atoms with E-state index in [0.29, 0.717) is 18.4 Å². The van der Waals surface area contributed by atoms with Gasteiger partial charge in [0, 0.05) is 6.54 Å². The highest BCUT2D eigenvalue weighted by Gasteiger charge is 2.17. The fraction of sp³-hybridized carbons (Fsp3) is 0.462. The van der Waals surface area contributed by atoms with E-state index in [1.54, 1.807) is 0 Å². The van der Waals surface area contributed by atoms with Crippen LogP contribution in [0.1, 0.15) is 31.1 Å². The van der Waals surface area contributed by atoms with E-state index in [1.165, 1.54) is 12.1 Å². The van der Waals surface area contributed by atoms with Crippen LogP contribution < -0.4 is 5.32 Å². The highest BCUT2D eigenvalue weighted by atomic mass is 19.1. The first-order chi connectivity index (χ1) is 7.93. The van der Waals surface area contributed by atoms with Crippen molar-refractivity contribution in [2.24, 2.45) is 11.8 Å². The Morgan fingerprint density at radius 1 is 1.41 bits per heavy atom. The van der Waals surface area contributed by atoms with Crippen LogP contribution in [-0.4, -0.2) is 17.6 Å². The molecule has 94 valence electrons. The quantitative estimate of drug-likeness (QED) is 0.848. The van der Waals surface area contributed by atoms with Crippen LogP contribution in [0.2, 0.25) is 0 Å². The molecule has 1 aromatic rings. The Labute approximate surface area is 101 Å². The molecule has 1 aromatic carbocycles. The van der Waals surface area contributed by atoms with Gasteiger partial charge in [0.1, 0.15) is 17.1 Å². The van der Waals surface area contributed by atoms with E-state index in [2.05, 4.69) is 19.2 Å². The molecule has 0 heterocycles. The van der Waals surface area contributed by atoms with E-state index in [1.807, 2.05) is 6.92 Å². The summed E-state index contributed by atoms with van der Waals surface area (Å²) in [6.45, 7) is 6.57. The molecule has 0 bridgehead atoms. The normalized spacial score (nSPS) is 12.5. The molecular formula is C13H18FNO2. The monoisotopic (exact) mass is 239 g/mol. The molecule has 17 heavy (non-hydrogen) atoms. The molecule has 0 aliphatic heterocycles. The average molecular weight is 239 g/mol. The summed E-state index contributed by atoms with van der Waals surface area (Å²) in [4.78, 5) is 11.7. The third-order valence-electron chi connectivity index (χ3n) is 2.94. The van der Waals surface area contributed by atoms with E-state index < -0.39 is 11.7 Å². The lowest BCUT2D eigenvalue weighted by molar-refractivity contribution is 0.0938. The van der Waals surface area contributed by atoms with Crippen molar-refractivity contribution in [3.63, 3.8) is 0 Å². The predicted octanol–water partition coefficient (Wildman–Crippen LogP) is 2.55. The highest BCUT2D eigenvalue weighted by Crippen LogP contribution is 2.19. The molecule has 1 rings (SSSR count). The Bertz CT molecular complexity index is 384. The lowest BCUT2D eigenvalue weighted by atomic mass is 9.98. The summed E-state index contributed by atoms with van der Waals surface area (Å²) >= 11 is 0. The molecule has 1 amide bonds. The summed E-state index contributed by atoms with van der Waals surface area (Å²) in [6, 6.07) is 3.81. The second kappa shape index (κ2) is 5.66. The Morgan fingerprint density at radius 3 is 2.59 bits per heavy atom. The minimum Gasteiger partial charge on any atom is -0.507 e. The van der Waals surface area contributed by atoms with Crippen molar-refractivity contribution in [1.82, 2.24) is 5.32 Å². The second-order valence-electron chi connectivity index (χ2n) is 4.57. The summed E-state index contributed by atoms with van der Waals surface area (Å²) in [6.07, 6.45) is 0. The van der Waals surface area contributed by atoms with Crippen LogP contribution in [0.5, 0.6) is 5.75 Å². The molecule has 0 aromatic heterocycles. The number of phenolic OH excluding ortho intramolecular Hbond substituents is 1. The third kappa shape index (κ3) is 3.44. The van der Waals surface area contributed by atoms with Gasteiger partial charge < -0.3 is 10.4 Å². The molecule has 2 N–H and O–H groups in total. The number of carbonyl (C=O) groups excluding carboxylic acids is 1. The van der Waals surface area contributed by atoms with Gasteiger partial charge in [-0.05, 0) is 24.0 Å². The third-order valence-corrected chi connectivity index (χ3v) is 2.94. The zero-order valence-corrected chi connectivity index (χ0v) is 10.3. The summed E-state index contributed by atoms with van der Waals surface area (Å²) < 4.78 is 13.4. The van der Waals surface area contributed by atoms with Crippen molar-refractivity contribution in [2.75, 3.05) is 6.54 Å². The topological polar surface area (TPSA) is 49.3 Å². The van der Waals surface area contributed by atoms with Crippen LogP contribution in [-0.2, 0) is 0 Å². The van der Waals surface area contributed by atoms with Crippen LogP contribution in [0.15, 0.2) is 18.2 Å². The minimum absolute atomic E-state index is 0.288. The van der Waals surface area contributed by atoms with Crippen LogP contribution in [0.25, 0.3) is 0 Å². The predicted molar refractivity (Wildman–Crippen MR) is 64.4 cm³/mol. The van der Waals surface area contributed by atoms with Gasteiger partial charge in [-0.2, -0.15) is 0 Å². The number of aromatic hydroxyl groups is 1. The highest BCUT2D eigenvalue weighted by molar-refractivity contribution is 5.97. The van der Waals surface area contributed by atoms with Gasteiger partial charge >= 0.3 is 0 Å². The van der Waals surface area contributed by atoms with Crippen molar-refractivity contribution >= 4 is 5.91 Å². The van der Waals surface area contributed by atoms with E-state index >= 15 is 0 Å². The number of amides is 1. The van der Waals surface area contributed by atoms with Crippen molar-refractivity contribution in [2.45, 2.75) is 20.8 Å². The van der Waals surface area contributed by atoms with E-state index in [4.69, 9.17) is 0 Å². The maximum atomic E-state index is 13.4. The Morgan fingerprint density at radius 2 is 2.06 bits per heavy atom. The maximum absolute atomic E-state index is 13.4. The molecule has 4 heteroatoms. The van der Waals surface area contributed by atoms with E-state index in [9.17, 15) is 14.3 Å². The standard InChI is InChI=1S/C13H18FNO2/c1-8(2)9(3)7-15-13(17)12-10(14)5-4-6-11(12)16/h4-6,8-9,16H,7H2,1-3H3,(H,15,17). The largest absolute Gasteiger partial charge is 0.507 e. The second-order valence-corrected chi connectivity index (χ2v) is 4.57. The number of phenols is 1. The molecule has 0 aliphatic carbocycles. The minimum atomic E-state index is -0.709. The summed E-state index contributed by atoms with van der Waals surface area (Å²) in [7, 11) is 0. The van der Waals surface area contributed by atoms with E-state index in [-0.39, 0.29) is 11.3 Å². The number of benzene rings is 1.